The minimum Gasteiger partial charge on any atom is -0.338 e. The van der Waals surface area contributed by atoms with Gasteiger partial charge in [0.15, 0.2) is 0 Å². The molecule has 2 N–H and O–H groups in total. The molecule has 1 aromatic carbocycles. The fourth-order valence-corrected chi connectivity index (χ4v) is 2.53. The largest absolute Gasteiger partial charge is 0.338 e. The van der Waals surface area contributed by atoms with Crippen LogP contribution >= 0.6 is 24.0 Å². The molecule has 2 atom stereocenters. The third kappa shape index (κ3) is 3.84. The van der Waals surface area contributed by atoms with Gasteiger partial charge >= 0.3 is 0 Å². The summed E-state index contributed by atoms with van der Waals surface area (Å²) in [5.74, 6) is -0.191. The minimum absolute atomic E-state index is 0. The van der Waals surface area contributed by atoms with Crippen molar-refractivity contribution < 1.29 is 9.72 Å². The predicted molar refractivity (Wildman–Crippen MR) is 83.0 cm³/mol. The molecular formula is C13H17Cl2N3O3. The number of benzene rings is 1. The monoisotopic (exact) mass is 333 g/mol. The summed E-state index contributed by atoms with van der Waals surface area (Å²) in [4.78, 5) is 24.5. The molecule has 6 nitrogen and oxygen atoms in total. The molecule has 1 saturated heterocycles. The summed E-state index contributed by atoms with van der Waals surface area (Å²) in [6, 6.07) is 4.08. The van der Waals surface area contributed by atoms with Crippen molar-refractivity contribution in [2.45, 2.75) is 19.4 Å². The number of hydrogen-bond donors (Lipinski definition) is 1. The topological polar surface area (TPSA) is 89.5 Å². The van der Waals surface area contributed by atoms with Crippen LogP contribution in [-0.2, 0) is 0 Å². The van der Waals surface area contributed by atoms with E-state index in [1.54, 1.807) is 4.90 Å². The fraction of sp³-hybridized carbons (Fsp3) is 0.462. The van der Waals surface area contributed by atoms with Gasteiger partial charge in [-0.1, -0.05) is 18.5 Å². The zero-order valence-electron chi connectivity index (χ0n) is 11.5. The molecule has 1 aromatic rings. The van der Waals surface area contributed by atoms with Gasteiger partial charge in [0.25, 0.3) is 11.6 Å². The van der Waals surface area contributed by atoms with E-state index in [1.165, 1.54) is 18.2 Å². The van der Waals surface area contributed by atoms with Crippen LogP contribution in [0.2, 0.25) is 5.02 Å². The summed E-state index contributed by atoms with van der Waals surface area (Å²) in [5, 5.41) is 11.3. The number of nitro groups is 1. The third-order valence-electron chi connectivity index (χ3n) is 3.64. The normalized spacial score (nSPS) is 21.6. The molecule has 1 fully saturated rings. The Balaban J connectivity index is 0.00000220. The van der Waals surface area contributed by atoms with Crippen molar-refractivity contribution in [1.29, 1.82) is 0 Å². The lowest BCUT2D eigenvalue weighted by Crippen LogP contribution is -2.48. The number of nitrogens with zero attached hydrogens (tertiary/aromatic N) is 2. The Hall–Kier alpha value is -1.37. The van der Waals surface area contributed by atoms with E-state index in [2.05, 4.69) is 0 Å². The first-order chi connectivity index (χ1) is 9.40. The molecule has 0 aliphatic carbocycles. The summed E-state index contributed by atoms with van der Waals surface area (Å²) >= 11 is 5.84. The van der Waals surface area contributed by atoms with Gasteiger partial charge in [-0.05, 0) is 24.5 Å². The van der Waals surface area contributed by atoms with Gasteiger partial charge < -0.3 is 10.6 Å². The van der Waals surface area contributed by atoms with Gasteiger partial charge in [0.05, 0.1) is 4.92 Å². The second-order valence-electron chi connectivity index (χ2n) is 5.10. The van der Waals surface area contributed by atoms with Gasteiger partial charge in [-0.15, -0.1) is 12.4 Å². The number of piperidine rings is 1. The van der Waals surface area contributed by atoms with E-state index < -0.39 is 4.92 Å². The number of nitrogens with two attached hydrogens (primary N) is 1. The van der Waals surface area contributed by atoms with Gasteiger partial charge in [-0.2, -0.15) is 0 Å². The third-order valence-corrected chi connectivity index (χ3v) is 3.88. The van der Waals surface area contributed by atoms with Gasteiger partial charge in [0, 0.05) is 30.2 Å². The van der Waals surface area contributed by atoms with E-state index in [4.69, 9.17) is 17.3 Å². The summed E-state index contributed by atoms with van der Waals surface area (Å²) in [6.45, 7) is 2.98. The molecule has 2 unspecified atom stereocenters. The first kappa shape index (κ1) is 17.7. The van der Waals surface area contributed by atoms with Crippen LogP contribution in [0.1, 0.15) is 23.7 Å². The lowest BCUT2D eigenvalue weighted by atomic mass is 9.94. The molecule has 0 radical (unpaired) electrons. The van der Waals surface area contributed by atoms with Crippen LogP contribution in [0.3, 0.4) is 0 Å². The second kappa shape index (κ2) is 7.06. The number of nitro benzene ring substituents is 1. The van der Waals surface area contributed by atoms with Crippen molar-refractivity contribution in [2.75, 3.05) is 13.1 Å². The smallest absolute Gasteiger partial charge is 0.282 e. The van der Waals surface area contributed by atoms with Crippen molar-refractivity contribution in [3.05, 3.63) is 38.9 Å². The van der Waals surface area contributed by atoms with E-state index >= 15 is 0 Å². The molecule has 1 aliphatic rings. The first-order valence-corrected chi connectivity index (χ1v) is 6.76. The maximum Gasteiger partial charge on any atom is 0.282 e. The highest BCUT2D eigenvalue weighted by molar-refractivity contribution is 6.31. The molecule has 2 rings (SSSR count). The highest BCUT2D eigenvalue weighted by atomic mass is 35.5. The molecule has 0 spiro atoms. The number of carbonyl (C=O) groups excluding carboxylic acids is 1. The Morgan fingerprint density at radius 1 is 1.52 bits per heavy atom. The predicted octanol–water partition coefficient (Wildman–Crippen LogP) is 2.48. The molecule has 1 amide bonds. The first-order valence-electron chi connectivity index (χ1n) is 6.39. The zero-order valence-corrected chi connectivity index (χ0v) is 13.1. The number of carbonyl (C=O) groups is 1. The average molecular weight is 334 g/mol. The van der Waals surface area contributed by atoms with Crippen molar-refractivity contribution in [2.24, 2.45) is 11.7 Å². The van der Waals surface area contributed by atoms with Crippen LogP contribution in [0, 0.1) is 16.0 Å². The van der Waals surface area contributed by atoms with Crippen molar-refractivity contribution >= 4 is 35.6 Å². The van der Waals surface area contributed by atoms with Crippen LogP contribution < -0.4 is 5.73 Å². The van der Waals surface area contributed by atoms with Crippen LogP contribution in [0.25, 0.3) is 0 Å². The highest BCUT2D eigenvalue weighted by Gasteiger charge is 2.30. The molecule has 0 aromatic heterocycles. The van der Waals surface area contributed by atoms with Crippen molar-refractivity contribution in [3.63, 3.8) is 0 Å². The number of halogens is 2. The van der Waals surface area contributed by atoms with E-state index in [0.717, 1.165) is 0 Å². The molecule has 1 heterocycles. The molecule has 0 saturated carbocycles. The van der Waals surface area contributed by atoms with Crippen LogP contribution in [0.4, 0.5) is 5.69 Å². The molecule has 21 heavy (non-hydrogen) atoms. The quantitative estimate of drug-likeness (QED) is 0.665. The molecule has 0 bridgehead atoms. The van der Waals surface area contributed by atoms with E-state index in [9.17, 15) is 14.9 Å². The Labute approximate surface area is 133 Å². The second-order valence-corrected chi connectivity index (χ2v) is 5.54. The maximum atomic E-state index is 12.5. The van der Waals surface area contributed by atoms with Crippen molar-refractivity contribution in [1.82, 2.24) is 4.90 Å². The van der Waals surface area contributed by atoms with Crippen LogP contribution in [-0.4, -0.2) is 34.9 Å². The standard InChI is InChI=1S/C13H16ClN3O3.ClH/c1-8-7-16(5-4-11(8)15)13(18)10-6-9(14)2-3-12(10)17(19)20;/h2-3,6,8,11H,4-5,7,15H2,1H3;1H. The summed E-state index contributed by atoms with van der Waals surface area (Å²) < 4.78 is 0. The molecule has 1 aliphatic heterocycles. The molecular weight excluding hydrogens is 317 g/mol. The van der Waals surface area contributed by atoms with E-state index in [-0.39, 0.29) is 41.5 Å². The van der Waals surface area contributed by atoms with E-state index in [1.807, 2.05) is 6.92 Å². The molecule has 116 valence electrons. The average Bonchev–Trinajstić information content (AvgIpc) is 2.40. The number of hydrogen-bond acceptors (Lipinski definition) is 4. The van der Waals surface area contributed by atoms with Gasteiger partial charge in [-0.3, -0.25) is 14.9 Å². The summed E-state index contributed by atoms with van der Waals surface area (Å²) in [6.07, 6.45) is 0.696. The lowest BCUT2D eigenvalue weighted by Gasteiger charge is -2.35. The Morgan fingerprint density at radius 2 is 2.19 bits per heavy atom. The van der Waals surface area contributed by atoms with Gasteiger partial charge in [0.1, 0.15) is 5.56 Å². The van der Waals surface area contributed by atoms with Gasteiger partial charge in [0.2, 0.25) is 0 Å². The SMILES string of the molecule is CC1CN(C(=O)c2cc(Cl)ccc2[N+](=O)[O-])CCC1N.Cl. The van der Waals surface area contributed by atoms with Gasteiger partial charge in [-0.25, -0.2) is 0 Å². The number of rotatable bonds is 2. The minimum atomic E-state index is -0.567. The van der Waals surface area contributed by atoms with Crippen LogP contribution in [0.15, 0.2) is 18.2 Å². The van der Waals surface area contributed by atoms with Crippen LogP contribution in [0.5, 0.6) is 0 Å². The summed E-state index contributed by atoms with van der Waals surface area (Å²) in [5.41, 5.74) is 5.73. The lowest BCUT2D eigenvalue weighted by molar-refractivity contribution is -0.385. The van der Waals surface area contributed by atoms with E-state index in [0.29, 0.717) is 24.5 Å². The zero-order chi connectivity index (χ0) is 14.9. The Kier molecular flexibility index (Phi) is 5.95. The Bertz CT molecular complexity index is 553. The number of likely N-dealkylation sites (tertiary alicyclic amines) is 1. The molecule has 8 heteroatoms. The number of amides is 1. The highest BCUT2D eigenvalue weighted by Crippen LogP contribution is 2.26. The fourth-order valence-electron chi connectivity index (χ4n) is 2.36. The van der Waals surface area contributed by atoms with Crippen molar-refractivity contribution in [3.8, 4) is 0 Å². The maximum absolute atomic E-state index is 12.5. The Morgan fingerprint density at radius 3 is 2.76 bits per heavy atom. The summed E-state index contributed by atoms with van der Waals surface area (Å²) in [7, 11) is 0.